The van der Waals surface area contributed by atoms with Crippen LogP contribution in [-0.4, -0.2) is 24.3 Å². The largest absolute Gasteiger partial charge is 0.289 e. The Bertz CT molecular complexity index is 559. The van der Waals surface area contributed by atoms with Crippen molar-refractivity contribution in [3.8, 4) is 0 Å². The Morgan fingerprint density at radius 2 is 1.48 bits per heavy atom. The van der Waals surface area contributed by atoms with Crippen molar-refractivity contribution in [2.45, 2.75) is 24.8 Å². The molecule has 21 heavy (non-hydrogen) atoms. The smallest absolute Gasteiger partial charge is 0.222 e. The molecule has 0 saturated carbocycles. The van der Waals surface area contributed by atoms with Crippen LogP contribution in [0.5, 0.6) is 0 Å². The van der Waals surface area contributed by atoms with E-state index in [9.17, 15) is 4.79 Å². The standard InChI is InChI=1S/C19H20NO/c21-15-19(18-9-5-2-6-10-18)20-13-11-17(12-14-20)16-7-3-1-4-8-16/h1-10,17,19H,11-14H2. The quantitative estimate of drug-likeness (QED) is 0.849. The maximum Gasteiger partial charge on any atom is 0.222 e. The fourth-order valence-corrected chi connectivity index (χ4v) is 3.20. The number of nitrogens with zero attached hydrogens (tertiary/aromatic N) is 1. The van der Waals surface area contributed by atoms with Gasteiger partial charge in [-0.05, 0) is 43.0 Å². The molecule has 2 nitrogen and oxygen atoms in total. The van der Waals surface area contributed by atoms with Gasteiger partial charge >= 0.3 is 0 Å². The second kappa shape index (κ2) is 6.68. The Labute approximate surface area is 126 Å². The zero-order valence-electron chi connectivity index (χ0n) is 12.1. The van der Waals surface area contributed by atoms with E-state index >= 15 is 0 Å². The molecule has 0 amide bonds. The highest BCUT2D eigenvalue weighted by Crippen LogP contribution is 2.31. The first-order chi connectivity index (χ1) is 10.4. The van der Waals surface area contributed by atoms with Crippen molar-refractivity contribution >= 4 is 6.29 Å². The van der Waals surface area contributed by atoms with Gasteiger partial charge in [-0.3, -0.25) is 9.69 Å². The Morgan fingerprint density at radius 1 is 0.905 bits per heavy atom. The molecule has 2 aromatic rings. The lowest BCUT2D eigenvalue weighted by Gasteiger charge is -2.35. The first-order valence-electron chi connectivity index (χ1n) is 7.60. The van der Waals surface area contributed by atoms with Crippen LogP contribution in [0.15, 0.2) is 60.7 Å². The number of likely N-dealkylation sites (tertiary alicyclic amines) is 1. The molecule has 1 fully saturated rings. The number of rotatable bonds is 4. The lowest BCUT2D eigenvalue weighted by atomic mass is 9.88. The Morgan fingerprint density at radius 3 is 2.05 bits per heavy atom. The SMILES string of the molecule is O=[C]C(c1ccccc1)N1CCC(c2ccccc2)CC1. The van der Waals surface area contributed by atoms with Gasteiger partial charge in [0.25, 0.3) is 0 Å². The highest BCUT2D eigenvalue weighted by Gasteiger charge is 2.26. The molecule has 1 saturated heterocycles. The molecule has 0 aliphatic carbocycles. The number of hydrogen-bond acceptors (Lipinski definition) is 2. The van der Waals surface area contributed by atoms with E-state index in [1.807, 2.05) is 30.3 Å². The summed E-state index contributed by atoms with van der Waals surface area (Å²) < 4.78 is 0. The van der Waals surface area contributed by atoms with E-state index in [1.54, 1.807) is 0 Å². The Hall–Kier alpha value is -1.93. The Kier molecular flexibility index (Phi) is 4.46. The first kappa shape index (κ1) is 14.0. The van der Waals surface area contributed by atoms with E-state index in [1.165, 1.54) is 5.56 Å². The molecule has 0 bridgehead atoms. The minimum atomic E-state index is -0.220. The summed E-state index contributed by atoms with van der Waals surface area (Å²) in [6.07, 6.45) is 4.43. The molecule has 0 N–H and O–H groups in total. The van der Waals surface area contributed by atoms with Gasteiger partial charge in [0.15, 0.2) is 0 Å². The Balaban J connectivity index is 1.66. The van der Waals surface area contributed by atoms with E-state index in [0.717, 1.165) is 31.5 Å². The molecule has 2 aromatic carbocycles. The maximum atomic E-state index is 11.4. The average molecular weight is 278 g/mol. The van der Waals surface area contributed by atoms with Crippen molar-refractivity contribution in [1.82, 2.24) is 4.90 Å². The zero-order valence-corrected chi connectivity index (χ0v) is 12.1. The second-order valence-electron chi connectivity index (χ2n) is 5.65. The number of carbonyl (C=O) groups excluding carboxylic acids is 1. The predicted octanol–water partition coefficient (Wildman–Crippen LogP) is 3.72. The van der Waals surface area contributed by atoms with Crippen molar-refractivity contribution in [1.29, 1.82) is 0 Å². The summed E-state index contributed by atoms with van der Waals surface area (Å²) in [4.78, 5) is 13.6. The van der Waals surface area contributed by atoms with Crippen molar-refractivity contribution in [2.24, 2.45) is 0 Å². The summed E-state index contributed by atoms with van der Waals surface area (Å²) in [5.41, 5.74) is 2.47. The summed E-state index contributed by atoms with van der Waals surface area (Å²) in [5, 5.41) is 0. The van der Waals surface area contributed by atoms with Crippen LogP contribution in [0.25, 0.3) is 0 Å². The normalized spacial score (nSPS) is 18.3. The molecule has 0 aromatic heterocycles. The molecule has 1 aliphatic heterocycles. The van der Waals surface area contributed by atoms with Crippen LogP contribution in [0.4, 0.5) is 0 Å². The molecular formula is C19H20NO. The monoisotopic (exact) mass is 278 g/mol. The molecule has 1 unspecified atom stereocenters. The lowest BCUT2D eigenvalue weighted by molar-refractivity contribution is 0.185. The van der Waals surface area contributed by atoms with Crippen LogP contribution < -0.4 is 0 Å². The van der Waals surface area contributed by atoms with Crippen molar-refractivity contribution in [2.75, 3.05) is 13.1 Å². The molecule has 3 rings (SSSR count). The van der Waals surface area contributed by atoms with Crippen molar-refractivity contribution in [3.05, 3.63) is 71.8 Å². The molecule has 0 spiro atoms. The minimum absolute atomic E-state index is 0.220. The molecular weight excluding hydrogens is 258 g/mol. The molecule has 1 aliphatic rings. The van der Waals surface area contributed by atoms with Gasteiger partial charge in [0, 0.05) is 0 Å². The number of hydrogen-bond donors (Lipinski definition) is 0. The lowest BCUT2D eigenvalue weighted by Crippen LogP contribution is -2.36. The van der Waals surface area contributed by atoms with E-state index < -0.39 is 0 Å². The predicted molar refractivity (Wildman–Crippen MR) is 84.9 cm³/mol. The molecule has 1 radical (unpaired) electrons. The molecule has 1 heterocycles. The fraction of sp³-hybridized carbons (Fsp3) is 0.316. The van der Waals surface area contributed by atoms with Crippen LogP contribution in [-0.2, 0) is 4.79 Å². The second-order valence-corrected chi connectivity index (χ2v) is 5.65. The van der Waals surface area contributed by atoms with Crippen LogP contribution in [0.2, 0.25) is 0 Å². The summed E-state index contributed by atoms with van der Waals surface area (Å²) in [5.74, 6) is 0.616. The van der Waals surface area contributed by atoms with Crippen molar-refractivity contribution < 1.29 is 4.79 Å². The summed E-state index contributed by atoms with van der Waals surface area (Å²) in [6, 6.07) is 20.4. The van der Waals surface area contributed by atoms with Crippen LogP contribution in [0, 0.1) is 0 Å². The number of piperidine rings is 1. The first-order valence-corrected chi connectivity index (χ1v) is 7.60. The van der Waals surface area contributed by atoms with Gasteiger partial charge in [0.2, 0.25) is 6.29 Å². The van der Waals surface area contributed by atoms with Gasteiger partial charge in [0.1, 0.15) is 6.04 Å². The molecule has 1 atom stereocenters. The average Bonchev–Trinajstić information content (AvgIpc) is 2.58. The maximum absolute atomic E-state index is 11.4. The van der Waals surface area contributed by atoms with Crippen LogP contribution >= 0.6 is 0 Å². The highest BCUT2D eigenvalue weighted by molar-refractivity contribution is 5.62. The van der Waals surface area contributed by atoms with Crippen LogP contribution in [0.3, 0.4) is 0 Å². The third-order valence-corrected chi connectivity index (χ3v) is 4.39. The summed E-state index contributed by atoms with van der Waals surface area (Å²) in [7, 11) is 0. The topological polar surface area (TPSA) is 20.3 Å². The third-order valence-electron chi connectivity index (χ3n) is 4.39. The number of benzene rings is 2. The van der Waals surface area contributed by atoms with E-state index in [2.05, 4.69) is 41.5 Å². The van der Waals surface area contributed by atoms with Crippen LogP contribution in [0.1, 0.15) is 35.9 Å². The van der Waals surface area contributed by atoms with Crippen molar-refractivity contribution in [3.63, 3.8) is 0 Å². The molecule has 2 heteroatoms. The third kappa shape index (κ3) is 3.22. The van der Waals surface area contributed by atoms with E-state index in [0.29, 0.717) is 5.92 Å². The van der Waals surface area contributed by atoms with Gasteiger partial charge in [0.05, 0.1) is 0 Å². The summed E-state index contributed by atoms with van der Waals surface area (Å²) in [6.45, 7) is 1.91. The highest BCUT2D eigenvalue weighted by atomic mass is 16.1. The van der Waals surface area contributed by atoms with Gasteiger partial charge < -0.3 is 0 Å². The summed E-state index contributed by atoms with van der Waals surface area (Å²) >= 11 is 0. The minimum Gasteiger partial charge on any atom is -0.289 e. The fourth-order valence-electron chi connectivity index (χ4n) is 3.20. The molecule has 107 valence electrons. The van der Waals surface area contributed by atoms with Gasteiger partial charge in [-0.15, -0.1) is 0 Å². The van der Waals surface area contributed by atoms with E-state index in [4.69, 9.17) is 0 Å². The van der Waals surface area contributed by atoms with Gasteiger partial charge in [-0.2, -0.15) is 0 Å². The van der Waals surface area contributed by atoms with Gasteiger partial charge in [-0.1, -0.05) is 60.7 Å². The van der Waals surface area contributed by atoms with Gasteiger partial charge in [-0.25, -0.2) is 0 Å². The van der Waals surface area contributed by atoms with E-state index in [-0.39, 0.29) is 6.04 Å². The zero-order chi connectivity index (χ0) is 14.5.